The largest absolute Gasteiger partial charge is 0.371 e. The van der Waals surface area contributed by atoms with Crippen LogP contribution in [0.4, 0.5) is 0 Å². The van der Waals surface area contributed by atoms with Crippen molar-refractivity contribution in [2.45, 2.75) is 38.2 Å². The molecule has 2 rings (SSSR count). The van der Waals surface area contributed by atoms with Gasteiger partial charge in [0.1, 0.15) is 10.6 Å². The third kappa shape index (κ3) is 1.82. The van der Waals surface area contributed by atoms with Crippen LogP contribution >= 0.6 is 11.3 Å². The first-order chi connectivity index (χ1) is 7.22. The van der Waals surface area contributed by atoms with Crippen molar-refractivity contribution in [3.05, 3.63) is 15.6 Å². The minimum absolute atomic E-state index is 0.0672. The lowest BCUT2D eigenvalue weighted by atomic mass is 9.80. The Labute approximate surface area is 94.7 Å². The van der Waals surface area contributed by atoms with Gasteiger partial charge < -0.3 is 10.5 Å². The Morgan fingerprint density at radius 1 is 1.53 bits per heavy atom. The molecule has 0 unspecified atom stereocenters. The fourth-order valence-corrected chi connectivity index (χ4v) is 3.29. The molecule has 2 N–H and O–H groups in total. The monoisotopic (exact) mass is 226 g/mol. The molecule has 0 atom stereocenters. The van der Waals surface area contributed by atoms with Crippen LogP contribution in [0.2, 0.25) is 0 Å². The smallest absolute Gasteiger partial charge is 0.125 e. The number of thiazole rings is 1. The molecule has 1 fully saturated rings. The van der Waals surface area contributed by atoms with Crippen LogP contribution in [0.25, 0.3) is 0 Å². The summed E-state index contributed by atoms with van der Waals surface area (Å²) in [6.45, 7) is 2.76. The molecule has 0 spiro atoms. The molecule has 1 aliphatic carbocycles. The van der Waals surface area contributed by atoms with Crippen molar-refractivity contribution in [3.8, 4) is 0 Å². The maximum absolute atomic E-state index is 5.62. The second kappa shape index (κ2) is 4.20. The molecule has 15 heavy (non-hydrogen) atoms. The third-order valence-corrected chi connectivity index (χ3v) is 4.61. The predicted octanol–water partition coefficient (Wildman–Crippen LogP) is 1.98. The molecule has 0 aromatic carbocycles. The lowest BCUT2D eigenvalue weighted by Crippen LogP contribution is -2.35. The van der Waals surface area contributed by atoms with Crippen LogP contribution in [0.5, 0.6) is 0 Å². The molecule has 1 aromatic rings. The van der Waals surface area contributed by atoms with Gasteiger partial charge in [-0.1, -0.05) is 0 Å². The lowest BCUT2D eigenvalue weighted by Gasteiger charge is -2.38. The molecule has 3 nitrogen and oxygen atoms in total. The molecular formula is C11H18N2OS. The summed E-state index contributed by atoms with van der Waals surface area (Å²) in [7, 11) is 1.79. The van der Waals surface area contributed by atoms with Crippen molar-refractivity contribution >= 4 is 11.3 Å². The molecule has 84 valence electrons. The number of aromatic nitrogens is 1. The number of methoxy groups -OCH3 is 1. The van der Waals surface area contributed by atoms with Gasteiger partial charge in [-0.05, 0) is 39.2 Å². The van der Waals surface area contributed by atoms with Gasteiger partial charge in [0.2, 0.25) is 0 Å². The predicted molar refractivity (Wildman–Crippen MR) is 62.1 cm³/mol. The maximum Gasteiger partial charge on any atom is 0.125 e. The Balaban J connectivity index is 2.25. The van der Waals surface area contributed by atoms with Crippen LogP contribution in [0.15, 0.2) is 0 Å². The molecule has 1 aliphatic rings. The number of aryl methyl sites for hydroxylation is 1. The van der Waals surface area contributed by atoms with E-state index < -0.39 is 0 Å². The van der Waals surface area contributed by atoms with E-state index in [1.54, 1.807) is 18.4 Å². The first-order valence-electron chi connectivity index (χ1n) is 5.44. The van der Waals surface area contributed by atoms with Crippen molar-refractivity contribution < 1.29 is 4.74 Å². The summed E-state index contributed by atoms with van der Waals surface area (Å²) in [5.74, 6) is 0. The lowest BCUT2D eigenvalue weighted by molar-refractivity contribution is -0.0780. The highest BCUT2D eigenvalue weighted by atomic mass is 32.1. The highest BCUT2D eigenvalue weighted by Crippen LogP contribution is 2.46. The highest BCUT2D eigenvalue weighted by Gasteiger charge is 2.41. The van der Waals surface area contributed by atoms with Gasteiger partial charge in [-0.15, -0.1) is 11.3 Å². The zero-order chi connectivity index (χ0) is 10.9. The van der Waals surface area contributed by atoms with E-state index in [2.05, 4.69) is 11.9 Å². The average molecular weight is 226 g/mol. The Morgan fingerprint density at radius 2 is 2.27 bits per heavy atom. The molecule has 0 amide bonds. The van der Waals surface area contributed by atoms with E-state index in [9.17, 15) is 0 Å². The van der Waals surface area contributed by atoms with E-state index in [1.165, 1.54) is 11.3 Å². The van der Waals surface area contributed by atoms with Crippen LogP contribution in [0.3, 0.4) is 0 Å². The van der Waals surface area contributed by atoms with E-state index in [0.717, 1.165) is 30.0 Å². The van der Waals surface area contributed by atoms with E-state index in [0.29, 0.717) is 6.54 Å². The number of rotatable bonds is 4. The van der Waals surface area contributed by atoms with Gasteiger partial charge in [0.05, 0.1) is 5.69 Å². The first-order valence-corrected chi connectivity index (χ1v) is 6.25. The molecule has 1 saturated carbocycles. The van der Waals surface area contributed by atoms with E-state index in [-0.39, 0.29) is 5.60 Å². The number of ether oxygens (including phenoxy) is 1. The van der Waals surface area contributed by atoms with Crippen LogP contribution in [0, 0.1) is 6.92 Å². The van der Waals surface area contributed by atoms with Gasteiger partial charge in [0.15, 0.2) is 0 Å². The van der Waals surface area contributed by atoms with Gasteiger partial charge in [-0.25, -0.2) is 4.98 Å². The van der Waals surface area contributed by atoms with E-state index >= 15 is 0 Å². The van der Waals surface area contributed by atoms with Gasteiger partial charge in [0, 0.05) is 12.0 Å². The Kier molecular flexibility index (Phi) is 3.09. The first kappa shape index (κ1) is 11.0. The SMILES string of the molecule is COC1(c2nc(C)c(CCN)s2)CCC1. The Morgan fingerprint density at radius 3 is 2.73 bits per heavy atom. The summed E-state index contributed by atoms with van der Waals surface area (Å²) >= 11 is 1.78. The van der Waals surface area contributed by atoms with Crippen molar-refractivity contribution in [3.63, 3.8) is 0 Å². The van der Waals surface area contributed by atoms with Crippen molar-refractivity contribution in [1.29, 1.82) is 0 Å². The summed E-state index contributed by atoms with van der Waals surface area (Å²) in [4.78, 5) is 5.95. The van der Waals surface area contributed by atoms with Crippen molar-refractivity contribution in [2.75, 3.05) is 13.7 Å². The molecule has 0 aliphatic heterocycles. The molecule has 4 heteroatoms. The zero-order valence-electron chi connectivity index (χ0n) is 9.38. The van der Waals surface area contributed by atoms with Crippen molar-refractivity contribution in [1.82, 2.24) is 4.98 Å². The molecule has 1 heterocycles. The molecule has 0 radical (unpaired) electrons. The number of nitrogens with two attached hydrogens (primary N) is 1. The minimum Gasteiger partial charge on any atom is -0.371 e. The van der Waals surface area contributed by atoms with Crippen LogP contribution < -0.4 is 5.73 Å². The summed E-state index contributed by atoms with van der Waals surface area (Å²) < 4.78 is 5.62. The summed E-state index contributed by atoms with van der Waals surface area (Å²) in [6, 6.07) is 0. The summed E-state index contributed by atoms with van der Waals surface area (Å²) in [5.41, 5.74) is 6.64. The Hall–Kier alpha value is -0.450. The van der Waals surface area contributed by atoms with Gasteiger partial charge in [-0.2, -0.15) is 0 Å². The van der Waals surface area contributed by atoms with E-state index in [1.807, 2.05) is 0 Å². The standard InChI is InChI=1S/C11H18N2OS/c1-8-9(4-7-12)15-10(13-8)11(14-2)5-3-6-11/h3-7,12H2,1-2H3. The van der Waals surface area contributed by atoms with Gasteiger partial charge >= 0.3 is 0 Å². The van der Waals surface area contributed by atoms with Crippen LogP contribution in [-0.4, -0.2) is 18.6 Å². The quantitative estimate of drug-likeness (QED) is 0.854. The summed E-state index contributed by atoms with van der Waals surface area (Å²) in [6.07, 6.45) is 4.40. The van der Waals surface area contributed by atoms with Crippen LogP contribution in [0.1, 0.15) is 34.8 Å². The number of nitrogens with zero attached hydrogens (tertiary/aromatic N) is 1. The number of hydrogen-bond acceptors (Lipinski definition) is 4. The zero-order valence-corrected chi connectivity index (χ0v) is 10.2. The summed E-state index contributed by atoms with van der Waals surface area (Å²) in [5, 5.41) is 1.15. The number of hydrogen-bond donors (Lipinski definition) is 1. The van der Waals surface area contributed by atoms with Gasteiger partial charge in [-0.3, -0.25) is 0 Å². The van der Waals surface area contributed by atoms with E-state index in [4.69, 9.17) is 10.5 Å². The fourth-order valence-electron chi connectivity index (χ4n) is 1.99. The fraction of sp³-hybridized carbons (Fsp3) is 0.727. The molecule has 1 aromatic heterocycles. The maximum atomic E-state index is 5.62. The Bertz CT molecular complexity index is 339. The topological polar surface area (TPSA) is 48.1 Å². The third-order valence-electron chi connectivity index (χ3n) is 3.21. The normalized spacial score (nSPS) is 18.9. The molecular weight excluding hydrogens is 208 g/mol. The van der Waals surface area contributed by atoms with Crippen molar-refractivity contribution in [2.24, 2.45) is 5.73 Å². The highest BCUT2D eigenvalue weighted by molar-refractivity contribution is 7.11. The second-order valence-corrected chi connectivity index (χ2v) is 5.20. The minimum atomic E-state index is -0.0672. The molecule has 0 saturated heterocycles. The average Bonchev–Trinajstić information content (AvgIpc) is 2.48. The van der Waals surface area contributed by atoms with Crippen LogP contribution in [-0.2, 0) is 16.8 Å². The second-order valence-electron chi connectivity index (χ2n) is 4.12. The van der Waals surface area contributed by atoms with Gasteiger partial charge in [0.25, 0.3) is 0 Å². The molecule has 0 bridgehead atoms.